The number of oxime groups is 1. The van der Waals surface area contributed by atoms with Gasteiger partial charge in [-0.15, -0.1) is 18.3 Å². The fourth-order valence-electron chi connectivity index (χ4n) is 8.33. The maximum absolute atomic E-state index is 9.88. The molecule has 3 aliphatic rings. The number of aliphatic hydroxyl groups is 2. The topological polar surface area (TPSA) is 103 Å². The van der Waals surface area contributed by atoms with Gasteiger partial charge in [0, 0.05) is 48.4 Å². The SMILES string of the molecule is C=CCOC12Oc3ccc(Oc4ccc(SC)cc4)cc3C3C(CCCCO)C(CCCCO)C=C(C(=NOCC)CC1SCCc1ccncc1)C32. The number of benzene rings is 2. The Morgan fingerprint density at radius 2 is 1.75 bits per heavy atom. The van der Waals surface area contributed by atoms with Crippen LogP contribution in [-0.2, 0) is 16.0 Å². The smallest absolute Gasteiger partial charge is 0.230 e. The predicted molar refractivity (Wildman–Crippen MR) is 215 cm³/mol. The number of hydrogen-bond acceptors (Lipinski definition) is 10. The van der Waals surface area contributed by atoms with Crippen LogP contribution in [0.15, 0.2) is 101 Å². The molecule has 0 spiro atoms. The van der Waals surface area contributed by atoms with E-state index in [2.05, 4.69) is 60.3 Å². The number of aliphatic hydroxyl groups excluding tert-OH is 2. The summed E-state index contributed by atoms with van der Waals surface area (Å²) in [4.78, 5) is 11.2. The Balaban J connectivity index is 1.49. The van der Waals surface area contributed by atoms with Crippen LogP contribution in [0.3, 0.4) is 0 Å². The molecule has 8 nitrogen and oxygen atoms in total. The first-order chi connectivity index (χ1) is 26.0. The Hall–Kier alpha value is -3.28. The fourth-order valence-corrected chi connectivity index (χ4v) is 10.1. The zero-order chi connectivity index (χ0) is 37.0. The summed E-state index contributed by atoms with van der Waals surface area (Å²) in [7, 11) is 0. The normalized spacial score (nSPS) is 25.2. The van der Waals surface area contributed by atoms with E-state index in [1.807, 2.05) is 55.4 Å². The summed E-state index contributed by atoms with van der Waals surface area (Å²) in [6.07, 6.45) is 16.7. The van der Waals surface area contributed by atoms with Crippen LogP contribution < -0.4 is 9.47 Å². The van der Waals surface area contributed by atoms with E-state index in [-0.39, 0.29) is 42.1 Å². The average Bonchev–Trinajstić information content (AvgIpc) is 3.19. The Labute approximate surface area is 323 Å². The van der Waals surface area contributed by atoms with Crippen LogP contribution in [-0.4, -0.2) is 70.4 Å². The number of fused-ring (bicyclic) bond motifs is 2. The number of aromatic nitrogens is 1. The first kappa shape index (κ1) is 39.4. The van der Waals surface area contributed by atoms with Gasteiger partial charge in [0.2, 0.25) is 5.79 Å². The molecule has 2 heterocycles. The summed E-state index contributed by atoms with van der Waals surface area (Å²) in [5.74, 6) is 2.52. The number of pyridine rings is 1. The molecule has 0 bridgehead atoms. The van der Waals surface area contributed by atoms with Crippen molar-refractivity contribution in [3.05, 3.63) is 102 Å². The molecule has 2 aliphatic carbocycles. The van der Waals surface area contributed by atoms with Crippen LogP contribution in [0.25, 0.3) is 0 Å². The molecule has 1 aliphatic heterocycles. The Morgan fingerprint density at radius 3 is 2.47 bits per heavy atom. The number of unbranched alkanes of at least 4 members (excludes halogenated alkanes) is 2. The lowest BCUT2D eigenvalue weighted by molar-refractivity contribution is -0.223. The van der Waals surface area contributed by atoms with Gasteiger partial charge in [0.1, 0.15) is 23.9 Å². The van der Waals surface area contributed by atoms with E-state index in [9.17, 15) is 10.2 Å². The molecule has 3 aromatic rings. The van der Waals surface area contributed by atoms with Crippen LogP contribution in [0.4, 0.5) is 0 Å². The number of nitrogens with zero attached hydrogens (tertiary/aromatic N) is 2. The van der Waals surface area contributed by atoms with Crippen LogP contribution in [0.1, 0.15) is 68.9 Å². The lowest BCUT2D eigenvalue weighted by Gasteiger charge is -2.58. The number of ether oxygens (including phenoxy) is 3. The van der Waals surface area contributed by atoms with Crippen LogP contribution in [0, 0.1) is 17.8 Å². The van der Waals surface area contributed by atoms with E-state index in [4.69, 9.17) is 24.2 Å². The van der Waals surface area contributed by atoms with Gasteiger partial charge in [-0.25, -0.2) is 0 Å². The molecular weight excluding hydrogens is 705 g/mol. The second-order valence-corrected chi connectivity index (χ2v) is 16.1. The van der Waals surface area contributed by atoms with Crippen molar-refractivity contribution < 1.29 is 29.3 Å². The van der Waals surface area contributed by atoms with Crippen LogP contribution in [0.2, 0.25) is 0 Å². The molecule has 1 saturated carbocycles. The van der Waals surface area contributed by atoms with Crippen molar-refractivity contribution in [3.63, 3.8) is 0 Å². The van der Waals surface area contributed by atoms with Gasteiger partial charge in [0.15, 0.2) is 0 Å². The number of allylic oxidation sites excluding steroid dienone is 1. The largest absolute Gasteiger partial charge is 0.460 e. The summed E-state index contributed by atoms with van der Waals surface area (Å²) in [6.45, 7) is 7.17. The molecule has 1 aromatic heterocycles. The minimum Gasteiger partial charge on any atom is -0.460 e. The number of thioether (sulfide) groups is 2. The van der Waals surface area contributed by atoms with Gasteiger partial charge in [0.25, 0.3) is 0 Å². The molecule has 0 radical (unpaired) electrons. The van der Waals surface area contributed by atoms with Crippen molar-refractivity contribution in [2.75, 3.05) is 38.4 Å². The number of rotatable bonds is 20. The summed E-state index contributed by atoms with van der Waals surface area (Å²) in [6, 6.07) is 18.6. The second kappa shape index (κ2) is 19.4. The van der Waals surface area contributed by atoms with E-state index in [1.165, 1.54) is 10.5 Å². The summed E-state index contributed by atoms with van der Waals surface area (Å²) in [5, 5.41) is 24.4. The Bertz CT molecular complexity index is 1690. The molecule has 6 atom stereocenters. The standard InChI is InChI=1S/C43H54N2O6S2/c1-4-25-48-43-40(53-26-20-30-18-21-44-22-19-30)29-38(45-49-5-2)36-27-31(10-6-8-23-46)35(11-7-9-24-47)41(42(36)43)37-28-33(14-17-39(37)51-43)50-32-12-15-34(52-3)16-13-32/h4,12-19,21-22,27-28,31,35,40-42,46-47H,1,5-11,20,23-26,29H2,2-3H3. The molecule has 2 N–H and O–H groups in total. The van der Waals surface area contributed by atoms with Gasteiger partial charge in [0.05, 0.1) is 23.5 Å². The average molecular weight is 759 g/mol. The van der Waals surface area contributed by atoms with Gasteiger partial charge in [-0.05, 0) is 129 Å². The lowest BCUT2D eigenvalue weighted by atomic mass is 9.56. The third kappa shape index (κ3) is 9.16. The second-order valence-electron chi connectivity index (χ2n) is 13.9. The minimum atomic E-state index is -0.993. The first-order valence-corrected chi connectivity index (χ1v) is 21.3. The third-order valence-corrected chi connectivity index (χ3v) is 12.8. The highest BCUT2D eigenvalue weighted by molar-refractivity contribution is 8.00. The summed E-state index contributed by atoms with van der Waals surface area (Å²) in [5.41, 5.74) is 4.44. The molecule has 0 amide bonds. The van der Waals surface area contributed by atoms with Crippen molar-refractivity contribution in [1.29, 1.82) is 0 Å². The molecule has 53 heavy (non-hydrogen) atoms. The van der Waals surface area contributed by atoms with E-state index in [0.717, 1.165) is 84.8 Å². The van der Waals surface area contributed by atoms with E-state index < -0.39 is 5.79 Å². The predicted octanol–water partition coefficient (Wildman–Crippen LogP) is 9.23. The highest BCUT2D eigenvalue weighted by Gasteiger charge is 2.63. The summed E-state index contributed by atoms with van der Waals surface area (Å²) >= 11 is 3.57. The van der Waals surface area contributed by atoms with Crippen molar-refractivity contribution in [1.82, 2.24) is 4.98 Å². The number of aryl methyl sites for hydroxylation is 1. The maximum Gasteiger partial charge on any atom is 0.230 e. The summed E-state index contributed by atoms with van der Waals surface area (Å²) < 4.78 is 20.8. The van der Waals surface area contributed by atoms with Gasteiger partial charge in [-0.2, -0.15) is 11.8 Å². The van der Waals surface area contributed by atoms with E-state index in [1.54, 1.807) is 11.8 Å². The van der Waals surface area contributed by atoms with Gasteiger partial charge < -0.3 is 29.3 Å². The quantitative estimate of drug-likeness (QED) is 0.0506. The lowest BCUT2D eigenvalue weighted by Crippen LogP contribution is -2.64. The zero-order valence-electron chi connectivity index (χ0n) is 31.0. The van der Waals surface area contributed by atoms with Gasteiger partial charge in [-0.1, -0.05) is 30.1 Å². The van der Waals surface area contributed by atoms with Crippen LogP contribution in [0.5, 0.6) is 17.2 Å². The fraction of sp³-hybridized carbons (Fsp3) is 0.488. The van der Waals surface area contributed by atoms with Crippen molar-refractivity contribution in [2.24, 2.45) is 22.9 Å². The van der Waals surface area contributed by atoms with E-state index in [0.29, 0.717) is 19.6 Å². The maximum atomic E-state index is 9.88. The van der Waals surface area contributed by atoms with Crippen LogP contribution >= 0.6 is 23.5 Å². The van der Waals surface area contributed by atoms with E-state index >= 15 is 0 Å². The monoisotopic (exact) mass is 758 g/mol. The molecule has 10 heteroatoms. The molecule has 2 aromatic carbocycles. The Morgan fingerprint density at radius 1 is 1.00 bits per heavy atom. The molecule has 6 unspecified atom stereocenters. The van der Waals surface area contributed by atoms with Crippen molar-refractivity contribution in [3.8, 4) is 17.2 Å². The molecule has 1 fully saturated rings. The number of hydrogen-bond donors (Lipinski definition) is 2. The van der Waals surface area contributed by atoms with Gasteiger partial charge >= 0.3 is 0 Å². The zero-order valence-corrected chi connectivity index (χ0v) is 32.7. The molecule has 6 rings (SSSR count). The van der Waals surface area contributed by atoms with Crippen molar-refractivity contribution >= 4 is 29.2 Å². The minimum absolute atomic E-state index is 0.0132. The van der Waals surface area contributed by atoms with Gasteiger partial charge in [-0.3, -0.25) is 4.98 Å². The highest BCUT2D eigenvalue weighted by atomic mass is 32.2. The highest BCUT2D eigenvalue weighted by Crippen LogP contribution is 2.62. The van der Waals surface area contributed by atoms with Crippen molar-refractivity contribution in [2.45, 2.75) is 80.1 Å². The third-order valence-electron chi connectivity index (χ3n) is 10.7. The molecule has 0 saturated heterocycles. The molecule has 284 valence electrons. The molecular formula is C43H54N2O6S2. The Kier molecular flexibility index (Phi) is 14.4. The first-order valence-electron chi connectivity index (χ1n) is 19.1.